The van der Waals surface area contributed by atoms with Crippen molar-refractivity contribution in [3.05, 3.63) is 29.8 Å². The van der Waals surface area contributed by atoms with Gasteiger partial charge in [-0.3, -0.25) is 0 Å². The molecular weight excluding hydrogens is 284 g/mol. The fraction of sp³-hybridized carbons (Fsp3) is 0.625. The minimum absolute atomic E-state index is 0.383. The molecule has 1 aliphatic rings. The Labute approximate surface area is 128 Å². The van der Waals surface area contributed by atoms with Crippen LogP contribution in [0.1, 0.15) is 31.7 Å². The van der Waals surface area contributed by atoms with Gasteiger partial charge in [0.1, 0.15) is 0 Å². The van der Waals surface area contributed by atoms with E-state index in [1.54, 1.807) is 12.1 Å². The molecule has 0 bridgehead atoms. The molecule has 0 aromatic heterocycles. The normalized spacial score (nSPS) is 22.6. The summed E-state index contributed by atoms with van der Waals surface area (Å²) in [4.78, 5) is 0.383. The highest BCUT2D eigenvalue weighted by Crippen LogP contribution is 2.30. The van der Waals surface area contributed by atoms with Crippen molar-refractivity contribution < 1.29 is 8.42 Å². The molecule has 1 heterocycles. The third kappa shape index (κ3) is 4.53. The Morgan fingerprint density at radius 3 is 2.52 bits per heavy atom. The van der Waals surface area contributed by atoms with Crippen molar-refractivity contribution in [2.75, 3.05) is 25.9 Å². The van der Waals surface area contributed by atoms with Crippen LogP contribution < -0.4 is 10.6 Å². The maximum absolute atomic E-state index is 11.4. The van der Waals surface area contributed by atoms with E-state index < -0.39 is 9.84 Å². The van der Waals surface area contributed by atoms with E-state index in [2.05, 4.69) is 17.6 Å². The molecule has 0 radical (unpaired) electrons. The highest BCUT2D eigenvalue weighted by Gasteiger charge is 2.32. The van der Waals surface area contributed by atoms with Crippen LogP contribution in [-0.4, -0.2) is 34.3 Å². The highest BCUT2D eigenvalue weighted by atomic mass is 32.2. The van der Waals surface area contributed by atoms with Crippen molar-refractivity contribution >= 4 is 9.84 Å². The molecule has 2 N–H and O–H groups in total. The Kier molecular flexibility index (Phi) is 5.41. The second-order valence-electron chi connectivity index (χ2n) is 6.20. The molecule has 1 aromatic rings. The molecule has 1 saturated heterocycles. The molecule has 4 nitrogen and oxygen atoms in total. The van der Waals surface area contributed by atoms with E-state index in [9.17, 15) is 8.42 Å². The van der Waals surface area contributed by atoms with Crippen molar-refractivity contribution in [2.45, 2.75) is 37.6 Å². The Morgan fingerprint density at radius 2 is 2.00 bits per heavy atom. The van der Waals surface area contributed by atoms with Gasteiger partial charge in [0.05, 0.1) is 4.90 Å². The van der Waals surface area contributed by atoms with Crippen LogP contribution in [0.2, 0.25) is 0 Å². The zero-order chi connectivity index (χ0) is 15.3. The molecule has 118 valence electrons. The second-order valence-corrected chi connectivity index (χ2v) is 8.21. The van der Waals surface area contributed by atoms with Gasteiger partial charge in [-0.15, -0.1) is 0 Å². The molecule has 1 aromatic carbocycles. The van der Waals surface area contributed by atoms with Gasteiger partial charge in [-0.05, 0) is 42.5 Å². The van der Waals surface area contributed by atoms with Crippen LogP contribution in [0.25, 0.3) is 0 Å². The molecular formula is C16H26N2O2S. The van der Waals surface area contributed by atoms with Crippen LogP contribution in [0.3, 0.4) is 0 Å². The summed E-state index contributed by atoms with van der Waals surface area (Å²) in [6.07, 6.45) is 4.94. The summed E-state index contributed by atoms with van der Waals surface area (Å²) in [6.45, 7) is 6.26. The molecule has 1 unspecified atom stereocenters. The second kappa shape index (κ2) is 6.90. The van der Waals surface area contributed by atoms with E-state index in [1.165, 1.54) is 25.5 Å². The fourth-order valence-electron chi connectivity index (χ4n) is 3.10. The van der Waals surface area contributed by atoms with Crippen molar-refractivity contribution in [3.8, 4) is 0 Å². The molecule has 5 heteroatoms. The summed E-state index contributed by atoms with van der Waals surface area (Å²) in [6, 6.07) is 7.15. The van der Waals surface area contributed by atoms with Gasteiger partial charge in [0.15, 0.2) is 9.84 Å². The molecule has 0 amide bonds. The van der Waals surface area contributed by atoms with Crippen molar-refractivity contribution in [3.63, 3.8) is 0 Å². The minimum atomic E-state index is -3.10. The zero-order valence-electron chi connectivity index (χ0n) is 13.0. The SMILES string of the molecule is CCCC1(CNCc2ccc(S(C)(=O)=O)cc2)CCNC1. The first kappa shape index (κ1) is 16.5. The summed E-state index contributed by atoms with van der Waals surface area (Å²) < 4.78 is 22.8. The molecule has 0 spiro atoms. The quantitative estimate of drug-likeness (QED) is 0.808. The summed E-state index contributed by atoms with van der Waals surface area (Å²) in [7, 11) is -3.10. The van der Waals surface area contributed by atoms with E-state index in [0.29, 0.717) is 10.3 Å². The third-order valence-corrected chi connectivity index (χ3v) is 5.42. The lowest BCUT2D eigenvalue weighted by Crippen LogP contribution is -2.35. The van der Waals surface area contributed by atoms with Gasteiger partial charge in [-0.25, -0.2) is 8.42 Å². The minimum Gasteiger partial charge on any atom is -0.316 e. The van der Waals surface area contributed by atoms with E-state index in [0.717, 1.165) is 31.7 Å². The highest BCUT2D eigenvalue weighted by molar-refractivity contribution is 7.90. The van der Waals surface area contributed by atoms with Gasteiger partial charge in [0.25, 0.3) is 0 Å². The van der Waals surface area contributed by atoms with E-state index in [-0.39, 0.29) is 0 Å². The summed E-state index contributed by atoms with van der Waals surface area (Å²) in [5, 5.41) is 7.00. The molecule has 0 saturated carbocycles. The summed E-state index contributed by atoms with van der Waals surface area (Å²) in [5.74, 6) is 0. The Balaban J connectivity index is 1.88. The first-order valence-electron chi connectivity index (χ1n) is 7.66. The van der Waals surface area contributed by atoms with Crippen LogP contribution in [0.4, 0.5) is 0 Å². The smallest absolute Gasteiger partial charge is 0.175 e. The number of sulfone groups is 1. The molecule has 1 atom stereocenters. The van der Waals surface area contributed by atoms with Crippen molar-refractivity contribution in [1.82, 2.24) is 10.6 Å². The molecule has 1 fully saturated rings. The summed E-state index contributed by atoms with van der Waals surface area (Å²) in [5.41, 5.74) is 1.52. The average Bonchev–Trinajstić information content (AvgIpc) is 2.88. The maximum Gasteiger partial charge on any atom is 0.175 e. The Morgan fingerprint density at radius 1 is 1.29 bits per heavy atom. The number of hydrogen-bond acceptors (Lipinski definition) is 4. The first-order chi connectivity index (χ1) is 9.95. The van der Waals surface area contributed by atoms with Crippen LogP contribution in [0.5, 0.6) is 0 Å². The van der Waals surface area contributed by atoms with Gasteiger partial charge in [0, 0.05) is 25.9 Å². The van der Waals surface area contributed by atoms with Crippen LogP contribution in [0, 0.1) is 5.41 Å². The van der Waals surface area contributed by atoms with Gasteiger partial charge in [-0.1, -0.05) is 25.5 Å². The number of nitrogens with one attached hydrogen (secondary N) is 2. The van der Waals surface area contributed by atoms with Gasteiger partial charge in [-0.2, -0.15) is 0 Å². The van der Waals surface area contributed by atoms with E-state index >= 15 is 0 Å². The maximum atomic E-state index is 11.4. The number of hydrogen-bond donors (Lipinski definition) is 2. The van der Waals surface area contributed by atoms with Gasteiger partial charge >= 0.3 is 0 Å². The lowest BCUT2D eigenvalue weighted by Gasteiger charge is -2.28. The topological polar surface area (TPSA) is 58.2 Å². The molecule has 21 heavy (non-hydrogen) atoms. The molecule has 1 aliphatic heterocycles. The van der Waals surface area contributed by atoms with Crippen molar-refractivity contribution in [1.29, 1.82) is 0 Å². The largest absolute Gasteiger partial charge is 0.316 e. The van der Waals surface area contributed by atoms with Crippen LogP contribution >= 0.6 is 0 Å². The average molecular weight is 310 g/mol. The van der Waals surface area contributed by atoms with Crippen molar-refractivity contribution in [2.24, 2.45) is 5.41 Å². The lowest BCUT2D eigenvalue weighted by atomic mass is 9.82. The predicted octanol–water partition coefficient (Wildman–Crippen LogP) is 1.96. The molecule has 2 rings (SSSR count). The Bertz CT molecular complexity index is 546. The monoisotopic (exact) mass is 310 g/mol. The van der Waals surface area contributed by atoms with Crippen LogP contribution in [-0.2, 0) is 16.4 Å². The standard InChI is InChI=1S/C16H26N2O2S/c1-3-8-16(9-10-17-12-16)13-18-11-14-4-6-15(7-5-14)21(2,19)20/h4-7,17-18H,3,8-13H2,1-2H3. The molecule has 0 aliphatic carbocycles. The van der Waals surface area contributed by atoms with Gasteiger partial charge < -0.3 is 10.6 Å². The Hall–Kier alpha value is -0.910. The van der Waals surface area contributed by atoms with Gasteiger partial charge in [0.2, 0.25) is 0 Å². The first-order valence-corrected chi connectivity index (χ1v) is 9.55. The zero-order valence-corrected chi connectivity index (χ0v) is 13.8. The fourth-order valence-corrected chi connectivity index (χ4v) is 3.74. The van der Waals surface area contributed by atoms with E-state index in [4.69, 9.17) is 0 Å². The predicted molar refractivity (Wildman–Crippen MR) is 86.1 cm³/mol. The van der Waals surface area contributed by atoms with E-state index in [1.807, 2.05) is 12.1 Å². The summed E-state index contributed by atoms with van der Waals surface area (Å²) >= 11 is 0. The number of rotatable bonds is 7. The third-order valence-electron chi connectivity index (χ3n) is 4.29. The number of benzene rings is 1. The van der Waals surface area contributed by atoms with Crippen LogP contribution in [0.15, 0.2) is 29.2 Å². The lowest BCUT2D eigenvalue weighted by molar-refractivity contribution is 0.276.